The topological polar surface area (TPSA) is 55.4 Å². The normalized spacial score (nSPS) is 43.2. The SMILES string of the molecule is CO[C@]12C=CC(=O)C[C@H]1C1[C@H](C)C[C@@]3(C(=O)Nc4ccccc43)[C@@H]1CC2. The van der Waals surface area contributed by atoms with Gasteiger partial charge in [-0.25, -0.2) is 0 Å². The van der Waals surface area contributed by atoms with Crippen LogP contribution in [0.3, 0.4) is 0 Å². The van der Waals surface area contributed by atoms with E-state index in [2.05, 4.69) is 18.3 Å². The Kier molecular flexibility index (Phi) is 3.31. The summed E-state index contributed by atoms with van der Waals surface area (Å²) < 4.78 is 6.00. The number of carbonyl (C=O) groups is 2. The third-order valence-corrected chi connectivity index (χ3v) is 7.75. The molecule has 4 heteroatoms. The lowest BCUT2D eigenvalue weighted by atomic mass is 9.56. The van der Waals surface area contributed by atoms with Crippen molar-refractivity contribution in [2.24, 2.45) is 23.7 Å². The Morgan fingerprint density at radius 2 is 2.00 bits per heavy atom. The number of hydrogen-bond donors (Lipinski definition) is 1. The lowest BCUT2D eigenvalue weighted by Crippen LogP contribution is -2.53. The number of para-hydroxylation sites is 1. The van der Waals surface area contributed by atoms with Crippen LogP contribution in [0.25, 0.3) is 0 Å². The van der Waals surface area contributed by atoms with Crippen molar-refractivity contribution < 1.29 is 14.3 Å². The lowest BCUT2D eigenvalue weighted by molar-refractivity contribution is -0.133. The molecule has 6 atom stereocenters. The van der Waals surface area contributed by atoms with Crippen LogP contribution in [0.15, 0.2) is 36.4 Å². The molecular weight excluding hydrogens is 326 g/mol. The van der Waals surface area contributed by atoms with Gasteiger partial charge in [0.2, 0.25) is 5.91 Å². The van der Waals surface area contributed by atoms with Crippen LogP contribution in [-0.4, -0.2) is 24.4 Å². The molecule has 5 rings (SSSR count). The van der Waals surface area contributed by atoms with Gasteiger partial charge in [-0.1, -0.05) is 25.1 Å². The van der Waals surface area contributed by atoms with Gasteiger partial charge in [0.05, 0.1) is 11.0 Å². The van der Waals surface area contributed by atoms with Gasteiger partial charge in [0.1, 0.15) is 0 Å². The number of benzene rings is 1. The smallest absolute Gasteiger partial charge is 0.235 e. The number of rotatable bonds is 1. The standard InChI is InChI=1S/C22H25NO3/c1-13-12-22(15-5-3-4-6-18(15)23-20(22)25)16-8-10-21(26-2)9-7-14(24)11-17(21)19(13)16/h3-7,9,13,16-17,19H,8,10-12H2,1-2H3,(H,23,25)/t13-,16-,17+,19?,21+,22+/m1/s1. The molecule has 1 amide bonds. The number of amides is 1. The number of anilines is 1. The summed E-state index contributed by atoms with van der Waals surface area (Å²) in [7, 11) is 1.76. The minimum Gasteiger partial charge on any atom is -0.374 e. The number of allylic oxidation sites excluding steroid dienone is 1. The minimum atomic E-state index is -0.440. The molecule has 0 saturated heterocycles. The number of carbonyl (C=O) groups excluding carboxylic acids is 2. The molecule has 0 radical (unpaired) electrons. The van der Waals surface area contributed by atoms with Crippen LogP contribution in [0.5, 0.6) is 0 Å². The third kappa shape index (κ3) is 1.83. The van der Waals surface area contributed by atoms with Gasteiger partial charge < -0.3 is 10.1 Å². The number of nitrogens with one attached hydrogen (secondary N) is 1. The second kappa shape index (κ2) is 5.29. The van der Waals surface area contributed by atoms with Crippen LogP contribution >= 0.6 is 0 Å². The maximum absolute atomic E-state index is 13.2. The van der Waals surface area contributed by atoms with E-state index in [0.29, 0.717) is 18.3 Å². The van der Waals surface area contributed by atoms with E-state index in [4.69, 9.17) is 4.74 Å². The highest BCUT2D eigenvalue weighted by atomic mass is 16.5. The summed E-state index contributed by atoms with van der Waals surface area (Å²) in [5.41, 5.74) is 1.34. The third-order valence-electron chi connectivity index (χ3n) is 7.75. The molecule has 2 fully saturated rings. The van der Waals surface area contributed by atoms with Gasteiger partial charge in [-0.2, -0.15) is 0 Å². The van der Waals surface area contributed by atoms with E-state index in [1.54, 1.807) is 13.2 Å². The molecule has 2 saturated carbocycles. The molecule has 0 aromatic heterocycles. The molecule has 26 heavy (non-hydrogen) atoms. The van der Waals surface area contributed by atoms with E-state index in [1.807, 2.05) is 24.3 Å². The van der Waals surface area contributed by atoms with Crippen molar-refractivity contribution in [3.05, 3.63) is 42.0 Å². The Labute approximate surface area is 154 Å². The summed E-state index contributed by atoms with van der Waals surface area (Å²) in [4.78, 5) is 25.4. The molecule has 1 aromatic carbocycles. The zero-order valence-electron chi connectivity index (χ0n) is 15.3. The van der Waals surface area contributed by atoms with E-state index in [-0.39, 0.29) is 29.1 Å². The average molecular weight is 351 g/mol. The summed E-state index contributed by atoms with van der Waals surface area (Å²) in [6.45, 7) is 2.26. The van der Waals surface area contributed by atoms with Crippen LogP contribution in [-0.2, 0) is 19.7 Å². The van der Waals surface area contributed by atoms with Crippen molar-refractivity contribution >= 4 is 17.4 Å². The minimum absolute atomic E-state index is 0.153. The summed E-state index contributed by atoms with van der Waals surface area (Å²) in [6.07, 6.45) is 6.94. The van der Waals surface area contributed by atoms with Gasteiger partial charge in [-0.05, 0) is 60.8 Å². The van der Waals surface area contributed by atoms with Crippen molar-refractivity contribution in [1.29, 1.82) is 0 Å². The predicted octanol–water partition coefficient (Wildman–Crippen LogP) is 3.47. The monoisotopic (exact) mass is 351 g/mol. The highest BCUT2D eigenvalue weighted by Crippen LogP contribution is 2.64. The molecule has 1 aliphatic heterocycles. The highest BCUT2D eigenvalue weighted by molar-refractivity contribution is 6.07. The first-order chi connectivity index (χ1) is 12.5. The predicted molar refractivity (Wildman–Crippen MR) is 98.7 cm³/mol. The lowest BCUT2D eigenvalue weighted by Gasteiger charge is -2.51. The maximum Gasteiger partial charge on any atom is 0.235 e. The molecular formula is C22H25NO3. The van der Waals surface area contributed by atoms with Crippen LogP contribution in [0.4, 0.5) is 5.69 Å². The van der Waals surface area contributed by atoms with E-state index in [1.165, 1.54) is 0 Å². The largest absolute Gasteiger partial charge is 0.374 e. The van der Waals surface area contributed by atoms with Gasteiger partial charge in [-0.3, -0.25) is 9.59 Å². The van der Waals surface area contributed by atoms with Crippen LogP contribution in [0.1, 0.15) is 38.2 Å². The van der Waals surface area contributed by atoms with E-state index in [0.717, 1.165) is 30.5 Å². The summed E-state index contributed by atoms with van der Waals surface area (Å²) in [5.74, 6) is 1.49. The van der Waals surface area contributed by atoms with Gasteiger partial charge in [-0.15, -0.1) is 0 Å². The molecule has 1 aromatic rings. The summed E-state index contributed by atoms with van der Waals surface area (Å²) >= 11 is 0. The first kappa shape index (κ1) is 16.2. The first-order valence-corrected chi connectivity index (χ1v) is 9.70. The second-order valence-corrected chi connectivity index (χ2v) is 8.64. The molecule has 1 N–H and O–H groups in total. The zero-order chi connectivity index (χ0) is 18.1. The van der Waals surface area contributed by atoms with Crippen molar-refractivity contribution in [2.75, 3.05) is 12.4 Å². The number of ether oxygens (including phenoxy) is 1. The Balaban J connectivity index is 1.63. The fourth-order valence-corrected chi connectivity index (χ4v) is 6.79. The summed E-state index contributed by atoms with van der Waals surface area (Å²) in [5, 5.41) is 3.14. The van der Waals surface area contributed by atoms with Crippen LogP contribution < -0.4 is 5.32 Å². The molecule has 1 unspecified atom stereocenters. The van der Waals surface area contributed by atoms with Gasteiger partial charge in [0.15, 0.2) is 5.78 Å². The number of hydrogen-bond acceptors (Lipinski definition) is 3. The van der Waals surface area contributed by atoms with Crippen molar-refractivity contribution in [1.82, 2.24) is 0 Å². The molecule has 1 heterocycles. The van der Waals surface area contributed by atoms with Gasteiger partial charge >= 0.3 is 0 Å². The summed E-state index contributed by atoms with van der Waals surface area (Å²) in [6, 6.07) is 8.14. The number of ketones is 1. The van der Waals surface area contributed by atoms with E-state index >= 15 is 0 Å². The van der Waals surface area contributed by atoms with Crippen molar-refractivity contribution in [3.63, 3.8) is 0 Å². The van der Waals surface area contributed by atoms with Gasteiger partial charge in [0.25, 0.3) is 0 Å². The molecule has 0 bridgehead atoms. The molecule has 1 spiro atoms. The van der Waals surface area contributed by atoms with Crippen molar-refractivity contribution in [2.45, 2.75) is 43.6 Å². The second-order valence-electron chi connectivity index (χ2n) is 8.64. The Morgan fingerprint density at radius 3 is 2.81 bits per heavy atom. The Hall–Kier alpha value is -1.94. The zero-order valence-corrected chi connectivity index (χ0v) is 15.3. The molecule has 3 aliphatic carbocycles. The number of methoxy groups -OCH3 is 1. The first-order valence-electron chi connectivity index (χ1n) is 9.70. The number of fused-ring (bicyclic) bond motifs is 6. The van der Waals surface area contributed by atoms with E-state index in [9.17, 15) is 9.59 Å². The quantitative estimate of drug-likeness (QED) is 0.843. The molecule has 4 aliphatic rings. The van der Waals surface area contributed by atoms with Crippen LogP contribution in [0.2, 0.25) is 0 Å². The Morgan fingerprint density at radius 1 is 1.19 bits per heavy atom. The fourth-order valence-electron chi connectivity index (χ4n) is 6.79. The van der Waals surface area contributed by atoms with Crippen molar-refractivity contribution in [3.8, 4) is 0 Å². The van der Waals surface area contributed by atoms with Crippen LogP contribution in [0, 0.1) is 23.7 Å². The Bertz CT molecular complexity index is 830. The molecule has 4 nitrogen and oxygen atoms in total. The molecule has 136 valence electrons. The average Bonchev–Trinajstić information content (AvgIpc) is 3.10. The van der Waals surface area contributed by atoms with Gasteiger partial charge in [0, 0.05) is 25.1 Å². The highest BCUT2D eigenvalue weighted by Gasteiger charge is 2.66. The maximum atomic E-state index is 13.2. The van der Waals surface area contributed by atoms with E-state index < -0.39 is 5.41 Å². The fraction of sp³-hybridized carbons (Fsp3) is 0.545.